The minimum atomic E-state index is -3.12. The molecule has 0 radical (unpaired) electrons. The van der Waals surface area contributed by atoms with Crippen LogP contribution in [0.3, 0.4) is 0 Å². The van der Waals surface area contributed by atoms with Gasteiger partial charge < -0.3 is 5.43 Å². The average Bonchev–Trinajstić information content (AvgIpc) is 2.05. The van der Waals surface area contributed by atoms with Crippen molar-refractivity contribution in [3.63, 3.8) is 0 Å². The van der Waals surface area contributed by atoms with Crippen LogP contribution in [-0.2, 0) is 11.0 Å². The monoisotopic (exact) mass is 190 g/mol. The topological polar surface area (TPSA) is 92.4 Å². The van der Waals surface area contributed by atoms with Crippen LogP contribution >= 0.6 is 0 Å². The normalized spacial score (nSPS) is 8.58. The molecule has 0 spiro atoms. The Morgan fingerprint density at radius 2 is 1.67 bits per heavy atom. The van der Waals surface area contributed by atoms with Gasteiger partial charge in [0.05, 0.1) is 0 Å². The number of para-hydroxylation sites is 1. The lowest BCUT2D eigenvalue weighted by Crippen LogP contribution is -2.05. The van der Waals surface area contributed by atoms with Crippen LogP contribution in [-0.4, -0.2) is 13.0 Å². The number of benzene rings is 1. The summed E-state index contributed by atoms with van der Waals surface area (Å²) < 4.78 is 24.2. The van der Waals surface area contributed by atoms with E-state index in [2.05, 4.69) is 5.43 Å². The Kier molecular flexibility index (Phi) is 5.98. The number of rotatable bonds is 1. The summed E-state index contributed by atoms with van der Waals surface area (Å²) in [5.74, 6) is 5.10. The van der Waals surface area contributed by atoms with Crippen molar-refractivity contribution in [1.82, 2.24) is 0 Å². The molecule has 0 fully saturated rings. The maximum atomic E-state index is 8.59. The first-order valence-corrected chi connectivity index (χ1v) is 4.14. The minimum absolute atomic E-state index is 0.938. The SMILES string of the molecule is NNc1ccccc1.O=[SH](=O)O. The van der Waals surface area contributed by atoms with Gasteiger partial charge in [-0.05, 0) is 12.1 Å². The largest absolute Gasteiger partial charge is 0.324 e. The zero-order valence-corrected chi connectivity index (χ0v) is 7.07. The van der Waals surface area contributed by atoms with Crippen LogP contribution in [0.1, 0.15) is 0 Å². The summed E-state index contributed by atoms with van der Waals surface area (Å²) in [4.78, 5) is 0. The molecule has 0 bridgehead atoms. The third-order valence-corrected chi connectivity index (χ3v) is 0.940. The van der Waals surface area contributed by atoms with Gasteiger partial charge in [0.2, 0.25) is 0 Å². The Labute approximate surface area is 72.0 Å². The minimum Gasteiger partial charge on any atom is -0.324 e. The van der Waals surface area contributed by atoms with Gasteiger partial charge in [0.1, 0.15) is 0 Å². The molecular formula is C6H10N2O3S. The lowest BCUT2D eigenvalue weighted by atomic mass is 10.3. The molecule has 0 unspecified atom stereocenters. The predicted molar refractivity (Wildman–Crippen MR) is 47.2 cm³/mol. The molecule has 4 N–H and O–H groups in total. The van der Waals surface area contributed by atoms with Gasteiger partial charge in [-0.3, -0.25) is 10.4 Å². The van der Waals surface area contributed by atoms with Gasteiger partial charge in [-0.25, -0.2) is 8.42 Å². The molecule has 12 heavy (non-hydrogen) atoms. The molecular weight excluding hydrogens is 180 g/mol. The fourth-order valence-corrected chi connectivity index (χ4v) is 0.534. The van der Waals surface area contributed by atoms with Gasteiger partial charge in [0.25, 0.3) is 11.0 Å². The third-order valence-electron chi connectivity index (χ3n) is 0.940. The third kappa shape index (κ3) is 7.00. The molecule has 1 aromatic rings. The lowest BCUT2D eigenvalue weighted by molar-refractivity contribution is 0.509. The van der Waals surface area contributed by atoms with E-state index in [1.807, 2.05) is 30.3 Å². The Morgan fingerprint density at radius 3 is 1.92 bits per heavy atom. The smallest absolute Gasteiger partial charge is 0.254 e. The van der Waals surface area contributed by atoms with Crippen molar-refractivity contribution < 1.29 is 13.0 Å². The lowest BCUT2D eigenvalue weighted by Gasteiger charge is -1.94. The summed E-state index contributed by atoms with van der Waals surface area (Å²) in [6, 6.07) is 9.60. The number of nitrogens with one attached hydrogen (secondary N) is 1. The van der Waals surface area contributed by atoms with Crippen LogP contribution in [0, 0.1) is 0 Å². The molecule has 0 aliphatic rings. The van der Waals surface area contributed by atoms with Gasteiger partial charge in [-0.1, -0.05) is 18.2 Å². The molecule has 0 atom stereocenters. The molecule has 6 heteroatoms. The van der Waals surface area contributed by atoms with E-state index < -0.39 is 11.0 Å². The van der Waals surface area contributed by atoms with Crippen molar-refractivity contribution in [2.45, 2.75) is 0 Å². The molecule has 0 saturated carbocycles. The number of anilines is 1. The van der Waals surface area contributed by atoms with E-state index in [0.29, 0.717) is 0 Å². The van der Waals surface area contributed by atoms with Crippen LogP contribution in [0.4, 0.5) is 5.69 Å². The first-order valence-electron chi connectivity index (χ1n) is 3.01. The second-order valence-corrected chi connectivity index (χ2v) is 2.22. The average molecular weight is 190 g/mol. The first-order chi connectivity index (χ1) is 5.66. The molecule has 0 amide bonds. The number of hydrogen-bond acceptors (Lipinski definition) is 4. The summed E-state index contributed by atoms with van der Waals surface area (Å²) in [7, 11) is -3.12. The van der Waals surface area contributed by atoms with E-state index >= 15 is 0 Å². The molecule has 1 aromatic carbocycles. The number of nitrogens with two attached hydrogens (primary N) is 1. The maximum absolute atomic E-state index is 8.59. The van der Waals surface area contributed by atoms with Gasteiger partial charge in [0.15, 0.2) is 0 Å². The standard InChI is InChI=1S/C6H8N2.H2O3S/c7-8-6-4-2-1-3-5-6;1-4(2)3/h1-5,8H,7H2;4H,(H,1,2,3). The molecule has 0 heterocycles. The summed E-state index contributed by atoms with van der Waals surface area (Å²) >= 11 is 0. The molecule has 5 nitrogen and oxygen atoms in total. The quantitative estimate of drug-likeness (QED) is 0.217. The number of hydrogen-bond donors (Lipinski definition) is 4. The van der Waals surface area contributed by atoms with Crippen LogP contribution in [0.25, 0.3) is 0 Å². The van der Waals surface area contributed by atoms with E-state index in [1.54, 1.807) is 0 Å². The number of nitrogen functional groups attached to an aromatic ring is 1. The highest BCUT2D eigenvalue weighted by Crippen LogP contribution is 2.00. The van der Waals surface area contributed by atoms with Crippen molar-refractivity contribution in [2.75, 3.05) is 5.43 Å². The van der Waals surface area contributed by atoms with Crippen LogP contribution in [0.2, 0.25) is 0 Å². The van der Waals surface area contributed by atoms with Crippen molar-refractivity contribution in [3.05, 3.63) is 30.3 Å². The summed E-state index contributed by atoms with van der Waals surface area (Å²) in [6.07, 6.45) is 0. The molecule has 0 aromatic heterocycles. The van der Waals surface area contributed by atoms with E-state index in [4.69, 9.17) is 18.8 Å². The Bertz CT molecular complexity index is 265. The summed E-state index contributed by atoms with van der Waals surface area (Å²) in [6.45, 7) is 0. The first kappa shape index (κ1) is 10.9. The number of hydrazine groups is 1. The van der Waals surface area contributed by atoms with Gasteiger partial charge in [-0.2, -0.15) is 0 Å². The van der Waals surface area contributed by atoms with E-state index in [-0.39, 0.29) is 0 Å². The molecule has 68 valence electrons. The van der Waals surface area contributed by atoms with Crippen LogP contribution in [0.5, 0.6) is 0 Å². The van der Waals surface area contributed by atoms with Gasteiger partial charge in [0, 0.05) is 5.69 Å². The highest BCUT2D eigenvalue weighted by Gasteiger charge is 1.78. The summed E-state index contributed by atoms with van der Waals surface area (Å²) in [5.41, 5.74) is 3.46. The fourth-order valence-electron chi connectivity index (χ4n) is 0.534. The summed E-state index contributed by atoms with van der Waals surface area (Å²) in [5, 5.41) is 0. The molecule has 0 aliphatic heterocycles. The maximum Gasteiger partial charge on any atom is 0.254 e. The van der Waals surface area contributed by atoms with E-state index in [9.17, 15) is 0 Å². The van der Waals surface area contributed by atoms with E-state index in [0.717, 1.165) is 5.69 Å². The highest BCUT2D eigenvalue weighted by molar-refractivity contribution is 7.66. The van der Waals surface area contributed by atoms with Crippen molar-refractivity contribution >= 4 is 16.7 Å². The second-order valence-electron chi connectivity index (χ2n) is 1.75. The van der Waals surface area contributed by atoms with Gasteiger partial charge in [-0.15, -0.1) is 0 Å². The Balaban J connectivity index is 0.000000261. The fraction of sp³-hybridized carbons (Fsp3) is 0. The second kappa shape index (κ2) is 6.59. The molecule has 0 aliphatic carbocycles. The number of thiol groups is 1. The zero-order valence-electron chi connectivity index (χ0n) is 6.18. The predicted octanol–water partition coefficient (Wildman–Crippen LogP) is 0.0430. The van der Waals surface area contributed by atoms with Crippen molar-refractivity contribution in [3.8, 4) is 0 Å². The van der Waals surface area contributed by atoms with Gasteiger partial charge >= 0.3 is 0 Å². The zero-order chi connectivity index (χ0) is 9.40. The van der Waals surface area contributed by atoms with Crippen molar-refractivity contribution in [2.24, 2.45) is 5.84 Å². The molecule has 1 rings (SSSR count). The molecule has 0 saturated heterocycles. The Morgan fingerprint density at radius 1 is 1.25 bits per heavy atom. The Hall–Kier alpha value is -1.11. The van der Waals surface area contributed by atoms with Crippen LogP contribution in [0.15, 0.2) is 30.3 Å². The van der Waals surface area contributed by atoms with Crippen LogP contribution < -0.4 is 11.3 Å². The van der Waals surface area contributed by atoms with Crippen molar-refractivity contribution in [1.29, 1.82) is 0 Å². The highest BCUT2D eigenvalue weighted by atomic mass is 32.2. The van der Waals surface area contributed by atoms with E-state index in [1.165, 1.54) is 0 Å².